The van der Waals surface area contributed by atoms with E-state index in [0.717, 1.165) is 22.3 Å². The standard InChI is InChI=1S/C20H19ClN4O/c1-3-24-16-7-5-4-6-14(16)23-20(24)18-17(26)11-25(19(18)22)15-9-8-13(21)10-12(15)2/h4-10,22,26H,3,11H2,1-2H3. The number of amidine groups is 1. The number of aliphatic hydroxyl groups is 1. The van der Waals surface area contributed by atoms with Crippen molar-refractivity contribution < 1.29 is 5.11 Å². The van der Waals surface area contributed by atoms with E-state index in [1.165, 1.54) is 0 Å². The third-order valence-corrected chi connectivity index (χ3v) is 4.98. The van der Waals surface area contributed by atoms with Gasteiger partial charge in [-0.3, -0.25) is 5.41 Å². The first-order valence-electron chi connectivity index (χ1n) is 8.51. The van der Waals surface area contributed by atoms with Gasteiger partial charge in [0.2, 0.25) is 0 Å². The van der Waals surface area contributed by atoms with Crippen molar-refractivity contribution in [3.05, 3.63) is 64.6 Å². The number of para-hydroxylation sites is 2. The van der Waals surface area contributed by atoms with Crippen LogP contribution in [0.3, 0.4) is 0 Å². The van der Waals surface area contributed by atoms with Crippen LogP contribution >= 0.6 is 11.6 Å². The molecule has 0 spiro atoms. The Kier molecular flexibility index (Phi) is 3.96. The highest BCUT2D eigenvalue weighted by Crippen LogP contribution is 2.34. The van der Waals surface area contributed by atoms with Crippen LogP contribution in [-0.4, -0.2) is 27.0 Å². The van der Waals surface area contributed by atoms with Gasteiger partial charge in [-0.05, 0) is 49.7 Å². The molecule has 0 bridgehead atoms. The first-order chi connectivity index (χ1) is 12.5. The highest BCUT2D eigenvalue weighted by molar-refractivity contribution is 6.32. The monoisotopic (exact) mass is 366 g/mol. The Labute approximate surface area is 156 Å². The van der Waals surface area contributed by atoms with Gasteiger partial charge in [0, 0.05) is 17.3 Å². The third kappa shape index (κ3) is 2.47. The van der Waals surface area contributed by atoms with Gasteiger partial charge in [-0.2, -0.15) is 0 Å². The van der Waals surface area contributed by atoms with Crippen molar-refractivity contribution in [3.8, 4) is 0 Å². The Hall–Kier alpha value is -2.79. The van der Waals surface area contributed by atoms with Gasteiger partial charge in [0.1, 0.15) is 17.4 Å². The van der Waals surface area contributed by atoms with Crippen LogP contribution in [0.5, 0.6) is 0 Å². The number of hydrogen-bond donors (Lipinski definition) is 2. The van der Waals surface area contributed by atoms with Crippen LogP contribution in [-0.2, 0) is 6.54 Å². The summed E-state index contributed by atoms with van der Waals surface area (Å²) < 4.78 is 2.04. The van der Waals surface area contributed by atoms with Gasteiger partial charge in [-0.1, -0.05) is 23.7 Å². The number of benzene rings is 2. The summed E-state index contributed by atoms with van der Waals surface area (Å²) in [6.07, 6.45) is 0. The van der Waals surface area contributed by atoms with Crippen molar-refractivity contribution in [2.45, 2.75) is 20.4 Å². The van der Waals surface area contributed by atoms with Crippen LogP contribution in [0, 0.1) is 12.3 Å². The average molecular weight is 367 g/mol. The normalized spacial score (nSPS) is 14.7. The quantitative estimate of drug-likeness (QED) is 0.700. The number of aliphatic hydroxyl groups excluding tert-OH is 1. The molecule has 2 aromatic carbocycles. The molecule has 0 saturated heterocycles. The van der Waals surface area contributed by atoms with Crippen LogP contribution in [0.25, 0.3) is 16.6 Å². The molecule has 2 heterocycles. The molecule has 0 fully saturated rings. The summed E-state index contributed by atoms with van der Waals surface area (Å²) in [6.45, 7) is 4.95. The van der Waals surface area contributed by atoms with E-state index in [-0.39, 0.29) is 18.1 Å². The average Bonchev–Trinajstić information content (AvgIpc) is 3.11. The number of aromatic nitrogens is 2. The molecule has 1 aromatic heterocycles. The molecule has 0 atom stereocenters. The van der Waals surface area contributed by atoms with E-state index in [1.807, 2.05) is 54.8 Å². The van der Waals surface area contributed by atoms with Gasteiger partial charge in [0.15, 0.2) is 0 Å². The van der Waals surface area contributed by atoms with Gasteiger partial charge in [-0.15, -0.1) is 0 Å². The molecule has 3 aromatic rings. The summed E-state index contributed by atoms with van der Waals surface area (Å²) in [5, 5.41) is 20.0. The molecule has 2 N–H and O–H groups in total. The van der Waals surface area contributed by atoms with Crippen LogP contribution in [0.2, 0.25) is 5.02 Å². The lowest BCUT2D eigenvalue weighted by Gasteiger charge is -2.21. The first-order valence-corrected chi connectivity index (χ1v) is 8.89. The van der Waals surface area contributed by atoms with Gasteiger partial charge in [0.05, 0.1) is 23.2 Å². The van der Waals surface area contributed by atoms with Crippen molar-refractivity contribution in [3.63, 3.8) is 0 Å². The van der Waals surface area contributed by atoms with Crippen LogP contribution in [0.15, 0.2) is 48.2 Å². The SMILES string of the molecule is CCn1c(C2=C(O)CN(c3ccc(Cl)cc3C)C2=N)nc2ccccc21. The zero-order valence-electron chi connectivity index (χ0n) is 14.6. The molecule has 1 aliphatic heterocycles. The summed E-state index contributed by atoms with van der Waals surface area (Å²) in [7, 11) is 0. The third-order valence-electron chi connectivity index (χ3n) is 4.75. The number of imidazole rings is 1. The second kappa shape index (κ2) is 6.18. The smallest absolute Gasteiger partial charge is 0.148 e. The molecule has 6 heteroatoms. The summed E-state index contributed by atoms with van der Waals surface area (Å²) >= 11 is 6.05. The maximum absolute atomic E-state index is 10.7. The van der Waals surface area contributed by atoms with E-state index in [9.17, 15) is 5.11 Å². The number of rotatable bonds is 3. The van der Waals surface area contributed by atoms with E-state index in [0.29, 0.717) is 23.0 Å². The van der Waals surface area contributed by atoms with Crippen molar-refractivity contribution >= 4 is 39.7 Å². The Balaban J connectivity index is 1.81. The minimum Gasteiger partial charge on any atom is -0.509 e. The predicted molar refractivity (Wildman–Crippen MR) is 106 cm³/mol. The fraction of sp³-hybridized carbons (Fsp3) is 0.200. The van der Waals surface area contributed by atoms with Crippen LogP contribution in [0.4, 0.5) is 5.69 Å². The van der Waals surface area contributed by atoms with Crippen molar-refractivity contribution in [1.29, 1.82) is 5.41 Å². The largest absolute Gasteiger partial charge is 0.509 e. The Morgan fingerprint density at radius 1 is 1.23 bits per heavy atom. The topological polar surface area (TPSA) is 65.1 Å². The maximum Gasteiger partial charge on any atom is 0.148 e. The second-order valence-electron chi connectivity index (χ2n) is 6.36. The zero-order valence-corrected chi connectivity index (χ0v) is 15.4. The molecule has 26 heavy (non-hydrogen) atoms. The van der Waals surface area contributed by atoms with Gasteiger partial charge >= 0.3 is 0 Å². The molecular weight excluding hydrogens is 348 g/mol. The van der Waals surface area contributed by atoms with Crippen LogP contribution in [0.1, 0.15) is 18.3 Å². The van der Waals surface area contributed by atoms with Gasteiger partial charge < -0.3 is 14.6 Å². The summed E-state index contributed by atoms with van der Waals surface area (Å²) in [6, 6.07) is 13.4. The summed E-state index contributed by atoms with van der Waals surface area (Å²) in [4.78, 5) is 6.47. The molecule has 0 radical (unpaired) electrons. The lowest BCUT2D eigenvalue weighted by molar-refractivity contribution is 0.411. The van der Waals surface area contributed by atoms with Crippen molar-refractivity contribution in [2.75, 3.05) is 11.4 Å². The Morgan fingerprint density at radius 3 is 2.73 bits per heavy atom. The minimum atomic E-state index is 0.161. The predicted octanol–water partition coefficient (Wildman–Crippen LogP) is 4.78. The van der Waals surface area contributed by atoms with E-state index in [4.69, 9.17) is 17.0 Å². The number of nitrogens with one attached hydrogen (secondary N) is 1. The second-order valence-corrected chi connectivity index (χ2v) is 6.79. The fourth-order valence-corrected chi connectivity index (χ4v) is 3.75. The number of aryl methyl sites for hydroxylation is 2. The summed E-state index contributed by atoms with van der Waals surface area (Å²) in [5.41, 5.74) is 4.16. The van der Waals surface area contributed by atoms with Crippen molar-refractivity contribution in [1.82, 2.24) is 9.55 Å². The van der Waals surface area contributed by atoms with Gasteiger partial charge in [0.25, 0.3) is 0 Å². The van der Waals surface area contributed by atoms with E-state index < -0.39 is 0 Å². The summed E-state index contributed by atoms with van der Waals surface area (Å²) in [5.74, 6) is 1.04. The van der Waals surface area contributed by atoms with Crippen LogP contribution < -0.4 is 4.90 Å². The first kappa shape index (κ1) is 16.7. The zero-order chi connectivity index (χ0) is 18.4. The Morgan fingerprint density at radius 2 is 2.00 bits per heavy atom. The lowest BCUT2D eigenvalue weighted by atomic mass is 10.1. The molecule has 0 aliphatic carbocycles. The maximum atomic E-state index is 10.7. The lowest BCUT2D eigenvalue weighted by Crippen LogP contribution is -2.27. The van der Waals surface area contributed by atoms with E-state index in [2.05, 4.69) is 4.98 Å². The number of halogens is 1. The molecule has 132 valence electrons. The molecular formula is C20H19ClN4O. The molecule has 0 saturated carbocycles. The number of nitrogens with zero attached hydrogens (tertiary/aromatic N) is 3. The molecule has 4 rings (SSSR count). The number of hydrogen-bond acceptors (Lipinski definition) is 3. The van der Waals surface area contributed by atoms with Crippen molar-refractivity contribution in [2.24, 2.45) is 0 Å². The molecule has 5 nitrogen and oxygen atoms in total. The molecule has 0 unspecified atom stereocenters. The minimum absolute atomic E-state index is 0.161. The highest BCUT2D eigenvalue weighted by atomic mass is 35.5. The van der Waals surface area contributed by atoms with E-state index >= 15 is 0 Å². The van der Waals surface area contributed by atoms with E-state index in [1.54, 1.807) is 11.0 Å². The molecule has 0 amide bonds. The number of fused-ring (bicyclic) bond motifs is 1. The molecule has 1 aliphatic rings. The number of anilines is 1. The Bertz CT molecular complexity index is 1070. The highest BCUT2D eigenvalue weighted by Gasteiger charge is 2.33. The fourth-order valence-electron chi connectivity index (χ4n) is 3.53. The van der Waals surface area contributed by atoms with Gasteiger partial charge in [-0.25, -0.2) is 4.98 Å².